The average Bonchev–Trinajstić information content (AvgIpc) is 2.25. The van der Waals surface area contributed by atoms with E-state index in [4.69, 9.17) is 4.74 Å². The molecule has 1 aromatic rings. The topological polar surface area (TPSA) is 48.3 Å². The molecule has 0 bridgehead atoms. The van der Waals surface area contributed by atoms with Gasteiger partial charge in [-0.05, 0) is 34.8 Å². The minimum absolute atomic E-state index is 0.185. The molecule has 0 saturated heterocycles. The number of rotatable bonds is 4. The zero-order valence-electron chi connectivity index (χ0n) is 10.4. The Kier molecular flexibility index (Phi) is 5.07. The van der Waals surface area contributed by atoms with Crippen LogP contribution < -0.4 is 5.56 Å². The third kappa shape index (κ3) is 3.19. The molecule has 1 atom stereocenters. The van der Waals surface area contributed by atoms with Gasteiger partial charge in [0, 0.05) is 10.7 Å². The van der Waals surface area contributed by atoms with Crippen molar-refractivity contribution in [2.45, 2.75) is 26.8 Å². The second-order valence-corrected chi connectivity index (χ2v) is 5.08. The van der Waals surface area contributed by atoms with Crippen LogP contribution in [0.15, 0.2) is 21.5 Å². The van der Waals surface area contributed by atoms with Crippen molar-refractivity contribution >= 4 is 21.9 Å². The number of nitrogens with zero attached hydrogens (tertiary/aromatic N) is 1. The van der Waals surface area contributed by atoms with Crippen molar-refractivity contribution in [2.75, 3.05) is 6.61 Å². The van der Waals surface area contributed by atoms with Crippen LogP contribution in [-0.2, 0) is 9.53 Å². The van der Waals surface area contributed by atoms with Crippen LogP contribution in [0.5, 0.6) is 0 Å². The second-order valence-electron chi connectivity index (χ2n) is 4.16. The molecule has 0 aliphatic carbocycles. The summed E-state index contributed by atoms with van der Waals surface area (Å²) in [6, 6.07) is 0.242. The van der Waals surface area contributed by atoms with Gasteiger partial charge in [0.2, 0.25) is 0 Å². The van der Waals surface area contributed by atoms with Crippen LogP contribution in [0.2, 0.25) is 0 Å². The number of aromatic nitrogens is 1. The molecule has 0 aliphatic heterocycles. The number of esters is 1. The van der Waals surface area contributed by atoms with E-state index in [2.05, 4.69) is 15.9 Å². The molecule has 0 N–H and O–H groups in total. The van der Waals surface area contributed by atoms with E-state index in [0.717, 1.165) is 10.6 Å². The largest absolute Gasteiger partial charge is 0.464 e. The highest BCUT2D eigenvalue weighted by atomic mass is 79.9. The number of hydrogen-bond acceptors (Lipinski definition) is 3. The molecule has 0 spiro atoms. The van der Waals surface area contributed by atoms with Gasteiger partial charge in [-0.3, -0.25) is 9.36 Å². The monoisotopic (exact) mass is 319 g/mol. The first kappa shape index (κ1) is 14.9. The summed E-state index contributed by atoms with van der Waals surface area (Å²) >= 11 is 3.10. The lowest BCUT2D eigenvalue weighted by Gasteiger charge is -2.21. The van der Waals surface area contributed by atoms with E-state index in [0.29, 0.717) is 4.47 Å². The highest BCUT2D eigenvalue weighted by Gasteiger charge is 2.27. The van der Waals surface area contributed by atoms with Gasteiger partial charge in [0.1, 0.15) is 6.04 Å². The van der Waals surface area contributed by atoms with Crippen LogP contribution in [0, 0.1) is 11.7 Å². The summed E-state index contributed by atoms with van der Waals surface area (Å²) in [6.07, 6.45) is 1.40. The van der Waals surface area contributed by atoms with Gasteiger partial charge in [-0.25, -0.2) is 9.18 Å². The van der Waals surface area contributed by atoms with Crippen molar-refractivity contribution in [2.24, 2.45) is 5.92 Å². The zero-order chi connectivity index (χ0) is 13.9. The molecule has 1 rings (SSSR count). The molecule has 0 saturated carbocycles. The average molecular weight is 320 g/mol. The molecular weight excluding hydrogens is 305 g/mol. The summed E-state index contributed by atoms with van der Waals surface area (Å²) in [7, 11) is 0. The van der Waals surface area contributed by atoms with Crippen molar-refractivity contribution in [3.8, 4) is 0 Å². The molecule has 1 heterocycles. The number of hydrogen-bond donors (Lipinski definition) is 0. The van der Waals surface area contributed by atoms with Crippen LogP contribution in [0.25, 0.3) is 0 Å². The maximum absolute atomic E-state index is 13.4. The molecule has 6 heteroatoms. The van der Waals surface area contributed by atoms with Crippen LogP contribution in [0.4, 0.5) is 4.39 Å². The minimum atomic E-state index is -0.903. The summed E-state index contributed by atoms with van der Waals surface area (Å²) in [6.45, 7) is 5.44. The lowest BCUT2D eigenvalue weighted by Crippen LogP contribution is -2.35. The molecular formula is C12H15BrFNO3. The molecule has 4 nitrogen and oxygen atoms in total. The van der Waals surface area contributed by atoms with E-state index in [1.54, 1.807) is 20.8 Å². The first-order valence-electron chi connectivity index (χ1n) is 5.62. The quantitative estimate of drug-likeness (QED) is 0.801. The first-order chi connectivity index (χ1) is 8.38. The van der Waals surface area contributed by atoms with E-state index in [-0.39, 0.29) is 12.5 Å². The smallest absolute Gasteiger partial charge is 0.329 e. The van der Waals surface area contributed by atoms with Gasteiger partial charge in [-0.2, -0.15) is 0 Å². The van der Waals surface area contributed by atoms with Crippen LogP contribution in [-0.4, -0.2) is 17.1 Å². The molecule has 0 amide bonds. The lowest BCUT2D eigenvalue weighted by molar-refractivity contribution is -0.148. The van der Waals surface area contributed by atoms with Crippen LogP contribution >= 0.6 is 15.9 Å². The van der Waals surface area contributed by atoms with Gasteiger partial charge in [0.15, 0.2) is 5.82 Å². The van der Waals surface area contributed by atoms with E-state index in [1.807, 2.05) is 0 Å². The Hall–Kier alpha value is -1.17. The standard InChI is InChI=1S/C12H15BrFNO3/c1-4-18-12(17)10(7(2)3)15-6-8(13)5-9(14)11(15)16/h5-7,10H,4H2,1-3H3. The molecule has 0 radical (unpaired) electrons. The normalized spacial score (nSPS) is 12.6. The fourth-order valence-electron chi connectivity index (χ4n) is 1.68. The number of carbonyl (C=O) groups is 1. The Bertz CT molecular complexity index is 499. The van der Waals surface area contributed by atoms with Crippen molar-refractivity contribution < 1.29 is 13.9 Å². The highest BCUT2D eigenvalue weighted by molar-refractivity contribution is 9.10. The summed E-state index contributed by atoms with van der Waals surface area (Å²) < 4.78 is 19.8. The summed E-state index contributed by atoms with van der Waals surface area (Å²) in [5.74, 6) is -1.62. The van der Waals surface area contributed by atoms with Gasteiger partial charge < -0.3 is 4.74 Å². The van der Waals surface area contributed by atoms with Gasteiger partial charge in [-0.1, -0.05) is 13.8 Å². The van der Waals surface area contributed by atoms with E-state index in [1.165, 1.54) is 6.20 Å². The van der Waals surface area contributed by atoms with Gasteiger partial charge in [0.05, 0.1) is 6.61 Å². The van der Waals surface area contributed by atoms with E-state index < -0.39 is 23.4 Å². The summed E-state index contributed by atoms with van der Waals surface area (Å²) in [5, 5.41) is 0. The number of carbonyl (C=O) groups excluding carboxylic acids is 1. The molecule has 1 aromatic heterocycles. The molecule has 18 heavy (non-hydrogen) atoms. The molecule has 0 aliphatic rings. The highest BCUT2D eigenvalue weighted by Crippen LogP contribution is 2.20. The maximum atomic E-state index is 13.4. The molecule has 100 valence electrons. The van der Waals surface area contributed by atoms with Crippen molar-refractivity contribution in [1.29, 1.82) is 0 Å². The lowest BCUT2D eigenvalue weighted by atomic mass is 10.0. The molecule has 0 fully saturated rings. The first-order valence-corrected chi connectivity index (χ1v) is 6.41. The van der Waals surface area contributed by atoms with E-state index in [9.17, 15) is 14.0 Å². The van der Waals surface area contributed by atoms with Crippen LogP contribution in [0.1, 0.15) is 26.8 Å². The Balaban J connectivity index is 3.30. The van der Waals surface area contributed by atoms with Gasteiger partial charge in [0.25, 0.3) is 5.56 Å². The predicted molar refractivity (Wildman–Crippen MR) is 68.9 cm³/mol. The Morgan fingerprint density at radius 1 is 1.56 bits per heavy atom. The zero-order valence-corrected chi connectivity index (χ0v) is 12.0. The third-order valence-corrected chi connectivity index (χ3v) is 2.86. The minimum Gasteiger partial charge on any atom is -0.464 e. The molecule has 0 aromatic carbocycles. The summed E-state index contributed by atoms with van der Waals surface area (Å²) in [4.78, 5) is 23.6. The predicted octanol–water partition coefficient (Wildman–Crippen LogP) is 2.51. The SMILES string of the molecule is CCOC(=O)C(C(C)C)n1cc(Br)cc(F)c1=O. The fraction of sp³-hybridized carbons (Fsp3) is 0.500. The van der Waals surface area contributed by atoms with Crippen molar-refractivity contribution in [3.63, 3.8) is 0 Å². The van der Waals surface area contributed by atoms with Crippen molar-refractivity contribution in [1.82, 2.24) is 4.57 Å². The number of pyridine rings is 1. The third-order valence-electron chi connectivity index (χ3n) is 2.43. The maximum Gasteiger partial charge on any atom is 0.329 e. The second kappa shape index (κ2) is 6.13. The number of ether oxygens (including phenoxy) is 1. The molecule has 1 unspecified atom stereocenters. The Morgan fingerprint density at radius 3 is 2.67 bits per heavy atom. The summed E-state index contributed by atoms with van der Waals surface area (Å²) in [5.41, 5.74) is -0.829. The fourth-order valence-corrected chi connectivity index (χ4v) is 2.10. The van der Waals surface area contributed by atoms with E-state index >= 15 is 0 Å². The number of halogens is 2. The van der Waals surface area contributed by atoms with Crippen molar-refractivity contribution in [3.05, 3.63) is 32.9 Å². The van der Waals surface area contributed by atoms with Gasteiger partial charge >= 0.3 is 5.97 Å². The Morgan fingerprint density at radius 2 is 2.17 bits per heavy atom. The van der Waals surface area contributed by atoms with Crippen LogP contribution in [0.3, 0.4) is 0 Å². The Labute approximate surface area is 113 Å². The van der Waals surface area contributed by atoms with Gasteiger partial charge in [-0.15, -0.1) is 0 Å².